The van der Waals surface area contributed by atoms with E-state index in [-0.39, 0.29) is 10.9 Å². The summed E-state index contributed by atoms with van der Waals surface area (Å²) < 4.78 is 29.6. The monoisotopic (exact) mass is 454 g/mol. The predicted octanol–water partition coefficient (Wildman–Crippen LogP) is 3.99. The maximum atomic E-state index is 13.1. The molecule has 1 aliphatic rings. The summed E-state index contributed by atoms with van der Waals surface area (Å²) in [4.78, 5) is 20.1. The Balaban J connectivity index is 1.47. The number of carbonyl (C=O) groups excluding carboxylic acids is 1. The van der Waals surface area contributed by atoms with Crippen LogP contribution in [0.3, 0.4) is 0 Å². The SMILES string of the molecule is CC(=O)SCC1CC(n2cnc3cnc4c(ccn4S(=O)(=O)Cc4ccccc4)c32)C1. The van der Waals surface area contributed by atoms with Crippen LogP contribution in [0.4, 0.5) is 0 Å². The molecule has 1 aliphatic carbocycles. The fourth-order valence-corrected chi connectivity index (χ4v) is 6.39. The van der Waals surface area contributed by atoms with Crippen molar-refractivity contribution in [1.29, 1.82) is 0 Å². The number of carbonyl (C=O) groups is 1. The molecule has 3 heterocycles. The number of fused-ring (bicyclic) bond motifs is 3. The molecular weight excluding hydrogens is 432 g/mol. The highest BCUT2D eigenvalue weighted by Gasteiger charge is 2.32. The van der Waals surface area contributed by atoms with Crippen molar-refractivity contribution in [2.75, 3.05) is 5.75 Å². The minimum Gasteiger partial charge on any atom is -0.327 e. The lowest BCUT2D eigenvalue weighted by Crippen LogP contribution is -2.28. The van der Waals surface area contributed by atoms with Crippen molar-refractivity contribution in [3.8, 4) is 0 Å². The van der Waals surface area contributed by atoms with Crippen LogP contribution in [0.1, 0.15) is 31.4 Å². The fraction of sp³-hybridized carbons (Fsp3) is 0.318. The summed E-state index contributed by atoms with van der Waals surface area (Å²) in [5.74, 6) is 1.28. The molecule has 31 heavy (non-hydrogen) atoms. The molecule has 160 valence electrons. The molecule has 4 aromatic rings. The second-order valence-corrected chi connectivity index (χ2v) is 11.1. The van der Waals surface area contributed by atoms with Gasteiger partial charge < -0.3 is 4.57 Å². The van der Waals surface area contributed by atoms with Crippen LogP contribution in [0.15, 0.2) is 55.1 Å². The van der Waals surface area contributed by atoms with Crippen molar-refractivity contribution in [1.82, 2.24) is 18.5 Å². The summed E-state index contributed by atoms with van der Waals surface area (Å²) >= 11 is 1.38. The first-order valence-electron chi connectivity index (χ1n) is 10.2. The highest BCUT2D eigenvalue weighted by molar-refractivity contribution is 8.13. The summed E-state index contributed by atoms with van der Waals surface area (Å²) in [6.07, 6.45) is 7.02. The summed E-state index contributed by atoms with van der Waals surface area (Å²) in [5.41, 5.74) is 2.83. The quantitative estimate of drug-likeness (QED) is 0.438. The Labute approximate surface area is 184 Å². The van der Waals surface area contributed by atoms with E-state index in [0.717, 1.165) is 40.6 Å². The maximum Gasteiger partial charge on any atom is 0.244 e. The van der Waals surface area contributed by atoms with Crippen LogP contribution in [0.25, 0.3) is 22.1 Å². The van der Waals surface area contributed by atoms with Gasteiger partial charge in [0.25, 0.3) is 0 Å². The lowest BCUT2D eigenvalue weighted by molar-refractivity contribution is -0.109. The number of hydrogen-bond acceptors (Lipinski definition) is 6. The third-order valence-corrected chi connectivity index (χ3v) is 8.47. The maximum absolute atomic E-state index is 13.1. The smallest absolute Gasteiger partial charge is 0.244 e. The molecule has 9 heteroatoms. The Kier molecular flexibility index (Phi) is 5.10. The zero-order valence-corrected chi connectivity index (χ0v) is 18.6. The van der Waals surface area contributed by atoms with E-state index < -0.39 is 10.0 Å². The topological polar surface area (TPSA) is 86.8 Å². The van der Waals surface area contributed by atoms with Crippen molar-refractivity contribution >= 4 is 49.0 Å². The van der Waals surface area contributed by atoms with Gasteiger partial charge in [-0.2, -0.15) is 0 Å². The standard InChI is InChI=1S/C22H22N4O3S2/c1-15(27)30-12-17-9-18(10-17)25-14-24-20-11-23-22-19(21(20)25)7-8-26(22)31(28,29)13-16-5-3-2-4-6-16/h2-8,11,14,17-18H,9-10,12-13H2,1H3. The van der Waals surface area contributed by atoms with E-state index in [4.69, 9.17) is 0 Å². The van der Waals surface area contributed by atoms with Crippen LogP contribution in [-0.4, -0.2) is 37.8 Å². The van der Waals surface area contributed by atoms with E-state index >= 15 is 0 Å². The van der Waals surface area contributed by atoms with Gasteiger partial charge in [-0.05, 0) is 30.4 Å². The first kappa shape index (κ1) is 20.3. The fourth-order valence-electron chi connectivity index (χ4n) is 4.24. The van der Waals surface area contributed by atoms with Crippen molar-refractivity contribution in [3.05, 3.63) is 60.7 Å². The molecule has 0 unspecified atom stereocenters. The largest absolute Gasteiger partial charge is 0.327 e. The lowest BCUT2D eigenvalue weighted by Gasteiger charge is -2.36. The summed E-state index contributed by atoms with van der Waals surface area (Å²) in [5, 5.41) is 0.940. The Morgan fingerprint density at radius 3 is 2.68 bits per heavy atom. The van der Waals surface area contributed by atoms with Gasteiger partial charge in [0, 0.05) is 30.3 Å². The number of pyridine rings is 1. The van der Waals surface area contributed by atoms with Crippen LogP contribution in [0, 0.1) is 5.92 Å². The van der Waals surface area contributed by atoms with E-state index in [2.05, 4.69) is 14.5 Å². The minimum absolute atomic E-state index is 0.0886. The molecular formula is C22H22N4O3S2. The molecule has 0 bridgehead atoms. The van der Waals surface area contributed by atoms with Gasteiger partial charge in [-0.3, -0.25) is 4.79 Å². The summed E-state index contributed by atoms with van der Waals surface area (Å²) in [6.45, 7) is 1.60. The van der Waals surface area contributed by atoms with Crippen LogP contribution < -0.4 is 0 Å². The average Bonchev–Trinajstić information content (AvgIpc) is 3.31. The van der Waals surface area contributed by atoms with Gasteiger partial charge in [0.1, 0.15) is 5.52 Å². The molecule has 1 fully saturated rings. The molecule has 0 N–H and O–H groups in total. The number of rotatable bonds is 6. The third kappa shape index (κ3) is 3.76. The number of aromatic nitrogens is 4. The van der Waals surface area contributed by atoms with Gasteiger partial charge in [-0.1, -0.05) is 42.1 Å². The number of nitrogens with zero attached hydrogens (tertiary/aromatic N) is 4. The molecule has 1 aromatic carbocycles. The van der Waals surface area contributed by atoms with Gasteiger partial charge in [0.05, 0.1) is 23.8 Å². The van der Waals surface area contributed by atoms with Crippen molar-refractivity contribution in [3.63, 3.8) is 0 Å². The van der Waals surface area contributed by atoms with Gasteiger partial charge in [-0.15, -0.1) is 0 Å². The second-order valence-electron chi connectivity index (χ2n) is 8.03. The van der Waals surface area contributed by atoms with E-state index in [1.807, 2.05) is 30.6 Å². The molecule has 0 aliphatic heterocycles. The number of hydrogen-bond donors (Lipinski definition) is 0. The Bertz CT molecular complexity index is 1370. The van der Waals surface area contributed by atoms with Crippen LogP contribution >= 0.6 is 11.8 Å². The van der Waals surface area contributed by atoms with Crippen LogP contribution in [0.5, 0.6) is 0 Å². The molecule has 0 saturated heterocycles. The highest BCUT2D eigenvalue weighted by atomic mass is 32.2. The molecule has 7 nitrogen and oxygen atoms in total. The third-order valence-electron chi connectivity index (χ3n) is 5.83. The van der Waals surface area contributed by atoms with Gasteiger partial charge in [0.2, 0.25) is 10.0 Å². The lowest BCUT2D eigenvalue weighted by atomic mass is 9.81. The predicted molar refractivity (Wildman–Crippen MR) is 122 cm³/mol. The van der Waals surface area contributed by atoms with Crippen LogP contribution in [0.2, 0.25) is 0 Å². The van der Waals surface area contributed by atoms with Crippen molar-refractivity contribution in [2.24, 2.45) is 5.92 Å². The molecule has 1 saturated carbocycles. The van der Waals surface area contributed by atoms with Gasteiger partial charge in [0.15, 0.2) is 10.8 Å². The molecule has 5 rings (SSSR count). The van der Waals surface area contributed by atoms with E-state index in [1.165, 1.54) is 15.7 Å². The van der Waals surface area contributed by atoms with Crippen molar-refractivity contribution < 1.29 is 13.2 Å². The highest BCUT2D eigenvalue weighted by Crippen LogP contribution is 2.42. The first-order valence-corrected chi connectivity index (χ1v) is 12.7. The molecule has 0 amide bonds. The molecule has 0 radical (unpaired) electrons. The number of imidazole rings is 1. The summed E-state index contributed by atoms with van der Waals surface area (Å²) in [7, 11) is -3.61. The van der Waals surface area contributed by atoms with E-state index in [0.29, 0.717) is 17.6 Å². The average molecular weight is 455 g/mol. The molecule has 0 spiro atoms. The van der Waals surface area contributed by atoms with Gasteiger partial charge >= 0.3 is 0 Å². The minimum atomic E-state index is -3.61. The first-order chi connectivity index (χ1) is 14.9. The zero-order chi connectivity index (χ0) is 21.6. The molecule has 0 atom stereocenters. The zero-order valence-electron chi connectivity index (χ0n) is 17.0. The number of thioether (sulfide) groups is 1. The molecule has 3 aromatic heterocycles. The second kappa shape index (κ2) is 7.80. The Morgan fingerprint density at radius 2 is 1.94 bits per heavy atom. The van der Waals surface area contributed by atoms with Crippen molar-refractivity contribution in [2.45, 2.75) is 31.6 Å². The van der Waals surface area contributed by atoms with E-state index in [9.17, 15) is 13.2 Å². The number of benzene rings is 1. The van der Waals surface area contributed by atoms with Crippen LogP contribution in [-0.2, 0) is 20.6 Å². The Morgan fingerprint density at radius 1 is 1.16 bits per heavy atom. The Hall–Kier alpha value is -2.65. The normalized spacial score (nSPS) is 19.0. The summed E-state index contributed by atoms with van der Waals surface area (Å²) in [6, 6.07) is 11.3. The van der Waals surface area contributed by atoms with E-state index in [1.54, 1.807) is 31.5 Å². The van der Waals surface area contributed by atoms with Gasteiger partial charge in [-0.25, -0.2) is 22.4 Å².